The Bertz CT molecular complexity index is 860. The third-order valence-electron chi connectivity index (χ3n) is 3.89. The Balaban J connectivity index is 1.40. The van der Waals surface area contributed by atoms with Crippen LogP contribution in [0.4, 0.5) is 0 Å². The molecule has 0 aliphatic carbocycles. The van der Waals surface area contributed by atoms with Gasteiger partial charge in [0.05, 0.1) is 11.0 Å². The minimum absolute atomic E-state index is 0.00909. The van der Waals surface area contributed by atoms with Crippen molar-refractivity contribution in [3.05, 3.63) is 50.8 Å². The number of hydrogen-bond acceptors (Lipinski definition) is 4. The fraction of sp³-hybridized carbons (Fsp3) is 0.353. The van der Waals surface area contributed by atoms with Crippen LogP contribution in [-0.2, 0) is 17.8 Å². The van der Waals surface area contributed by atoms with Gasteiger partial charge in [0, 0.05) is 37.0 Å². The highest BCUT2D eigenvalue weighted by Gasteiger charge is 2.06. The summed E-state index contributed by atoms with van der Waals surface area (Å²) in [5.74, 6) is 0.906. The van der Waals surface area contributed by atoms with E-state index in [0.717, 1.165) is 35.4 Å². The second kappa shape index (κ2) is 7.44. The first-order valence-electron chi connectivity index (χ1n) is 7.99. The molecule has 0 saturated heterocycles. The number of H-pyrrole nitrogens is 1. The topological polar surface area (TPSA) is 79.8 Å². The second-order valence-corrected chi connectivity index (χ2v) is 6.52. The molecule has 0 unspecified atom stereocenters. The van der Waals surface area contributed by atoms with Crippen molar-refractivity contribution in [2.24, 2.45) is 0 Å². The number of imidazole rings is 1. The first-order chi connectivity index (χ1) is 11.6. The highest BCUT2D eigenvalue weighted by atomic mass is 32.1. The molecule has 0 radical (unpaired) electrons. The zero-order valence-corrected chi connectivity index (χ0v) is 14.4. The van der Waals surface area contributed by atoms with E-state index in [1.54, 1.807) is 4.57 Å². The van der Waals surface area contributed by atoms with Gasteiger partial charge in [0.2, 0.25) is 5.91 Å². The fourth-order valence-corrected chi connectivity index (χ4v) is 3.35. The lowest BCUT2D eigenvalue weighted by atomic mass is 10.3. The Morgan fingerprint density at radius 2 is 2.21 bits per heavy atom. The van der Waals surface area contributed by atoms with Crippen LogP contribution in [0.25, 0.3) is 11.0 Å². The van der Waals surface area contributed by atoms with Crippen LogP contribution in [0.15, 0.2) is 34.4 Å². The molecule has 0 spiro atoms. The molecule has 2 N–H and O–H groups in total. The quantitative estimate of drug-likeness (QED) is 0.645. The summed E-state index contributed by atoms with van der Waals surface area (Å²) in [4.78, 5) is 31.2. The van der Waals surface area contributed by atoms with Crippen molar-refractivity contribution >= 4 is 28.3 Å². The standard InChI is InChI=1S/C17H20N4O2S/c1-12-11-24-17(23)21(12)10-8-16(22)18-9-4-7-15-19-13-5-2-3-6-14(13)20-15/h2-3,5-6,11H,4,7-10H2,1H3,(H,18,22)(H,19,20). The van der Waals surface area contributed by atoms with E-state index < -0.39 is 0 Å². The van der Waals surface area contributed by atoms with Crippen molar-refractivity contribution in [1.29, 1.82) is 0 Å². The minimum Gasteiger partial charge on any atom is -0.356 e. The maximum atomic E-state index is 11.9. The molecule has 126 valence electrons. The molecule has 7 heteroatoms. The number of hydrogen-bond donors (Lipinski definition) is 2. The summed E-state index contributed by atoms with van der Waals surface area (Å²) in [5, 5.41) is 4.71. The minimum atomic E-state index is -0.0305. The number of fused-ring (bicyclic) bond motifs is 1. The number of thiazole rings is 1. The van der Waals surface area contributed by atoms with E-state index in [2.05, 4.69) is 15.3 Å². The number of rotatable bonds is 7. The molecule has 0 saturated carbocycles. The van der Waals surface area contributed by atoms with Gasteiger partial charge in [-0.05, 0) is 25.5 Å². The van der Waals surface area contributed by atoms with E-state index >= 15 is 0 Å². The van der Waals surface area contributed by atoms with Gasteiger partial charge in [0.25, 0.3) is 0 Å². The van der Waals surface area contributed by atoms with Crippen molar-refractivity contribution in [3.63, 3.8) is 0 Å². The Labute approximate surface area is 143 Å². The van der Waals surface area contributed by atoms with E-state index in [1.165, 1.54) is 11.3 Å². The average molecular weight is 344 g/mol. The summed E-state index contributed by atoms with van der Waals surface area (Å²) in [6, 6.07) is 7.92. The number of aromatic nitrogens is 3. The van der Waals surface area contributed by atoms with Gasteiger partial charge in [-0.2, -0.15) is 0 Å². The van der Waals surface area contributed by atoms with Gasteiger partial charge in [-0.15, -0.1) is 0 Å². The molecular formula is C17H20N4O2S. The number of nitrogens with zero attached hydrogens (tertiary/aromatic N) is 2. The predicted octanol–water partition coefficient (Wildman–Crippen LogP) is 2.23. The summed E-state index contributed by atoms with van der Waals surface area (Å²) in [5.41, 5.74) is 2.91. The maximum Gasteiger partial charge on any atom is 0.307 e. The van der Waals surface area contributed by atoms with Crippen LogP contribution in [0.1, 0.15) is 24.4 Å². The molecule has 3 aromatic rings. The molecular weight excluding hydrogens is 324 g/mol. The van der Waals surface area contributed by atoms with Crippen LogP contribution in [0.5, 0.6) is 0 Å². The summed E-state index contributed by atoms with van der Waals surface area (Å²) >= 11 is 1.17. The third-order valence-corrected chi connectivity index (χ3v) is 4.77. The molecule has 2 aromatic heterocycles. The number of carbonyl (C=O) groups is 1. The Kier molecular flexibility index (Phi) is 5.10. The summed E-state index contributed by atoms with van der Waals surface area (Å²) < 4.78 is 1.64. The first kappa shape index (κ1) is 16.4. The lowest BCUT2D eigenvalue weighted by Gasteiger charge is -2.06. The zero-order chi connectivity index (χ0) is 16.9. The lowest BCUT2D eigenvalue weighted by molar-refractivity contribution is -0.121. The number of aromatic amines is 1. The average Bonchev–Trinajstić information content (AvgIpc) is 3.13. The van der Waals surface area contributed by atoms with Gasteiger partial charge in [-0.25, -0.2) is 4.98 Å². The van der Waals surface area contributed by atoms with Crippen molar-refractivity contribution in [2.45, 2.75) is 32.7 Å². The van der Waals surface area contributed by atoms with Crippen molar-refractivity contribution in [2.75, 3.05) is 6.54 Å². The lowest BCUT2D eigenvalue weighted by Crippen LogP contribution is -2.27. The Morgan fingerprint density at radius 3 is 2.96 bits per heavy atom. The number of amides is 1. The smallest absolute Gasteiger partial charge is 0.307 e. The van der Waals surface area contributed by atoms with Gasteiger partial charge < -0.3 is 14.9 Å². The zero-order valence-electron chi connectivity index (χ0n) is 13.5. The van der Waals surface area contributed by atoms with Crippen molar-refractivity contribution in [3.8, 4) is 0 Å². The van der Waals surface area contributed by atoms with E-state index in [-0.39, 0.29) is 10.8 Å². The molecule has 2 heterocycles. The molecule has 0 aliphatic rings. The van der Waals surface area contributed by atoms with Crippen LogP contribution in [0, 0.1) is 6.92 Å². The van der Waals surface area contributed by atoms with E-state index in [1.807, 2.05) is 36.6 Å². The summed E-state index contributed by atoms with van der Waals surface area (Å²) in [6.45, 7) is 2.92. The van der Waals surface area contributed by atoms with Crippen molar-refractivity contribution < 1.29 is 4.79 Å². The Hall–Kier alpha value is -2.41. The monoisotopic (exact) mass is 344 g/mol. The number of carbonyl (C=O) groups excluding carboxylic acids is 1. The largest absolute Gasteiger partial charge is 0.356 e. The van der Waals surface area contributed by atoms with Gasteiger partial charge in [0.15, 0.2) is 0 Å². The molecule has 0 fully saturated rings. The first-order valence-corrected chi connectivity index (χ1v) is 8.87. The maximum absolute atomic E-state index is 11.9. The van der Waals surface area contributed by atoms with Crippen LogP contribution in [0.3, 0.4) is 0 Å². The van der Waals surface area contributed by atoms with Crippen LogP contribution in [0.2, 0.25) is 0 Å². The number of benzene rings is 1. The highest BCUT2D eigenvalue weighted by molar-refractivity contribution is 7.07. The molecule has 1 aromatic carbocycles. The van der Waals surface area contributed by atoms with E-state index in [4.69, 9.17) is 0 Å². The predicted molar refractivity (Wildman–Crippen MR) is 95.4 cm³/mol. The van der Waals surface area contributed by atoms with Crippen molar-refractivity contribution in [1.82, 2.24) is 19.9 Å². The second-order valence-electron chi connectivity index (χ2n) is 5.70. The Morgan fingerprint density at radius 1 is 1.38 bits per heavy atom. The molecule has 3 rings (SSSR count). The summed E-state index contributed by atoms with van der Waals surface area (Å²) in [7, 11) is 0. The molecule has 6 nitrogen and oxygen atoms in total. The molecule has 1 amide bonds. The molecule has 24 heavy (non-hydrogen) atoms. The van der Waals surface area contributed by atoms with E-state index in [0.29, 0.717) is 19.5 Å². The highest BCUT2D eigenvalue weighted by Crippen LogP contribution is 2.11. The van der Waals surface area contributed by atoms with Gasteiger partial charge in [0.1, 0.15) is 5.82 Å². The number of aryl methyl sites for hydroxylation is 2. The van der Waals surface area contributed by atoms with Crippen LogP contribution < -0.4 is 10.2 Å². The molecule has 0 aliphatic heterocycles. The summed E-state index contributed by atoms with van der Waals surface area (Å²) in [6.07, 6.45) is 1.93. The number of nitrogens with one attached hydrogen (secondary N) is 2. The van der Waals surface area contributed by atoms with Crippen LogP contribution >= 0.6 is 11.3 Å². The molecule has 0 bridgehead atoms. The third kappa shape index (κ3) is 3.91. The van der Waals surface area contributed by atoms with Gasteiger partial charge >= 0.3 is 4.87 Å². The SMILES string of the molecule is Cc1csc(=O)n1CCC(=O)NCCCc1nc2ccccc2[nH]1. The van der Waals surface area contributed by atoms with Gasteiger partial charge in [-0.3, -0.25) is 9.59 Å². The van der Waals surface area contributed by atoms with E-state index in [9.17, 15) is 9.59 Å². The van der Waals surface area contributed by atoms with Gasteiger partial charge in [-0.1, -0.05) is 23.5 Å². The number of para-hydroxylation sites is 2. The normalized spacial score (nSPS) is 11.0. The molecule has 0 atom stereocenters. The van der Waals surface area contributed by atoms with Crippen LogP contribution in [-0.4, -0.2) is 27.0 Å². The fourth-order valence-electron chi connectivity index (χ4n) is 2.58.